The van der Waals surface area contributed by atoms with Crippen LogP contribution < -0.4 is 26.2 Å². The quantitative estimate of drug-likeness (QED) is 0.0576. The summed E-state index contributed by atoms with van der Waals surface area (Å²) in [7, 11) is 0. The lowest BCUT2D eigenvalue weighted by atomic mass is 9.33. The third-order valence-electron chi connectivity index (χ3n) is 23.9. The Morgan fingerprint density at radius 2 is 0.676 bits per heavy atom. The van der Waals surface area contributed by atoms with E-state index in [9.17, 15) is 0 Å². The highest BCUT2D eigenvalue weighted by atomic mass is 15.2. The molecule has 0 saturated heterocycles. The van der Waals surface area contributed by atoms with Crippen LogP contribution >= 0.6 is 0 Å². The van der Waals surface area contributed by atoms with Crippen molar-refractivity contribution in [3.8, 4) is 83.6 Å². The molecular formula is C107H80BN3. The average molecular weight is 1420 g/mol. The Hall–Kier alpha value is -13.3. The highest BCUT2D eigenvalue weighted by Gasteiger charge is 2.44. The van der Waals surface area contributed by atoms with Gasteiger partial charge in [0.25, 0.3) is 6.71 Å². The Kier molecular flexibility index (Phi) is 16.0. The van der Waals surface area contributed by atoms with Gasteiger partial charge in [-0.1, -0.05) is 312 Å². The van der Waals surface area contributed by atoms with Crippen LogP contribution in [0.5, 0.6) is 0 Å². The van der Waals surface area contributed by atoms with Crippen LogP contribution in [-0.4, -0.2) is 24.4 Å². The molecule has 526 valence electrons. The summed E-state index contributed by atoms with van der Waals surface area (Å²) in [5, 5.41) is 12.9. The van der Waals surface area contributed by atoms with E-state index in [0.717, 1.165) is 31.5 Å². The summed E-state index contributed by atoms with van der Waals surface area (Å²) in [5.41, 5.74) is 33.6. The standard InChI is InChI=1S/C107H80BN3/c1-107(2,3)69-70-59-102-106-103(60-70)110(58-56-85-93(75-37-18-8-19-38-75)64-82(72-31-12-5-13-32-72)65-94(85)76-39-20-9-21-40-76)101-68-83(111-98-49-24-22-44-86(98)87-45-23-25-50-99(87)111)52-53-96(101)108(106)97-67-78(80-61-79-43-28-47-89-88-46-26-41-77-42-27-48-90(104(77)88)95(66-80)105(79)89)51-54-100(97)109(102)57-55-84-91(73-33-14-6-15-34-73)62-81(71-29-10-4-11-30-71)63-92(84)74-35-16-7-17-36-74/h4-54,59-68H,55-58,69H2,1-3H3. The van der Waals surface area contributed by atoms with Gasteiger partial charge < -0.3 is 14.4 Å². The monoisotopic (exact) mass is 1420 g/mol. The summed E-state index contributed by atoms with van der Waals surface area (Å²) in [6.45, 7) is 8.49. The van der Waals surface area contributed by atoms with E-state index in [1.54, 1.807) is 0 Å². The lowest BCUT2D eigenvalue weighted by Gasteiger charge is -2.45. The Morgan fingerprint density at radius 1 is 0.270 bits per heavy atom. The largest absolute Gasteiger partial charge is 0.342 e. The first-order chi connectivity index (χ1) is 54.7. The number of hydrogen-bond donors (Lipinski definition) is 0. The molecule has 4 heteroatoms. The molecule has 2 aliphatic rings. The highest BCUT2D eigenvalue weighted by Crippen LogP contribution is 2.48. The van der Waals surface area contributed by atoms with Crippen molar-refractivity contribution in [3.63, 3.8) is 0 Å². The van der Waals surface area contributed by atoms with Crippen molar-refractivity contribution >= 4 is 111 Å². The number of anilines is 4. The van der Waals surface area contributed by atoms with E-state index in [0.29, 0.717) is 6.54 Å². The Morgan fingerprint density at radius 3 is 1.15 bits per heavy atom. The second-order valence-electron chi connectivity index (χ2n) is 31.8. The van der Waals surface area contributed by atoms with E-state index < -0.39 is 0 Å². The number of para-hydroxylation sites is 2. The van der Waals surface area contributed by atoms with E-state index in [2.05, 4.69) is 405 Å². The number of rotatable bonds is 15. The van der Waals surface area contributed by atoms with Crippen LogP contribution in [0.4, 0.5) is 22.7 Å². The molecule has 0 N–H and O–H groups in total. The molecule has 0 amide bonds. The molecule has 18 aromatic carbocycles. The van der Waals surface area contributed by atoms with Crippen LogP contribution in [-0.2, 0) is 19.3 Å². The van der Waals surface area contributed by atoms with E-state index in [1.807, 2.05) is 0 Å². The number of benzene rings is 18. The van der Waals surface area contributed by atoms with Crippen molar-refractivity contribution in [2.75, 3.05) is 22.9 Å². The molecule has 0 unspecified atom stereocenters. The third-order valence-corrected chi connectivity index (χ3v) is 23.9. The molecule has 0 aliphatic carbocycles. The number of hydrogen-bond acceptors (Lipinski definition) is 2. The summed E-state index contributed by atoms with van der Waals surface area (Å²) in [6.07, 6.45) is 2.41. The van der Waals surface area contributed by atoms with Gasteiger partial charge in [0.1, 0.15) is 0 Å². The molecule has 19 aromatic rings. The summed E-state index contributed by atoms with van der Waals surface area (Å²) in [6, 6.07) is 140. The zero-order chi connectivity index (χ0) is 73.8. The van der Waals surface area contributed by atoms with Gasteiger partial charge in [-0.05, 0) is 258 Å². The second kappa shape index (κ2) is 26.8. The number of fused-ring (bicyclic) bond motifs is 9. The third kappa shape index (κ3) is 11.4. The predicted molar refractivity (Wildman–Crippen MR) is 475 cm³/mol. The molecule has 0 spiro atoms. The highest BCUT2D eigenvalue weighted by molar-refractivity contribution is 7.00. The van der Waals surface area contributed by atoms with Gasteiger partial charge in [0.2, 0.25) is 0 Å². The zero-order valence-corrected chi connectivity index (χ0v) is 62.7. The lowest BCUT2D eigenvalue weighted by Crippen LogP contribution is -2.62. The van der Waals surface area contributed by atoms with Crippen molar-refractivity contribution in [1.82, 2.24) is 4.57 Å². The maximum atomic E-state index is 2.78. The van der Waals surface area contributed by atoms with Gasteiger partial charge in [0.05, 0.1) is 11.0 Å². The summed E-state index contributed by atoms with van der Waals surface area (Å²) >= 11 is 0. The maximum absolute atomic E-state index is 2.78. The van der Waals surface area contributed by atoms with Crippen LogP contribution in [0.1, 0.15) is 37.5 Å². The predicted octanol–water partition coefficient (Wildman–Crippen LogP) is 26.0. The van der Waals surface area contributed by atoms with Crippen LogP contribution in [0.2, 0.25) is 0 Å². The molecule has 0 atom stereocenters. The SMILES string of the molecule is CC(C)(C)Cc1cc2c3c(c1)N(CCc1c(-c4ccccc4)cc(-c4ccccc4)cc1-c1ccccc1)c1cc(-n4c5ccccc5c5ccccc54)ccc1B3c1cc(-c3cc4cccc5c6cccc7cccc(c(c3)c45)c76)ccc1N2CCc1c(-c2ccccc2)cc(-c2ccccc2)cc1-c1ccccc1. The van der Waals surface area contributed by atoms with Gasteiger partial charge >= 0.3 is 0 Å². The molecule has 21 rings (SSSR count). The van der Waals surface area contributed by atoms with Crippen LogP contribution in [0.25, 0.3) is 148 Å². The first-order valence-electron chi connectivity index (χ1n) is 39.4. The van der Waals surface area contributed by atoms with Crippen molar-refractivity contribution in [1.29, 1.82) is 0 Å². The topological polar surface area (TPSA) is 11.4 Å². The fourth-order valence-electron chi connectivity index (χ4n) is 19.2. The van der Waals surface area contributed by atoms with E-state index in [-0.39, 0.29) is 12.1 Å². The van der Waals surface area contributed by atoms with Gasteiger partial charge in [-0.15, -0.1) is 0 Å². The van der Waals surface area contributed by atoms with Crippen LogP contribution in [0.3, 0.4) is 0 Å². The minimum absolute atomic E-state index is 0.0351. The fraction of sp³-hybridized carbons (Fsp3) is 0.0841. The van der Waals surface area contributed by atoms with Gasteiger partial charge in [-0.2, -0.15) is 0 Å². The zero-order valence-electron chi connectivity index (χ0n) is 62.7. The van der Waals surface area contributed by atoms with Crippen molar-refractivity contribution in [3.05, 3.63) is 387 Å². The fourth-order valence-corrected chi connectivity index (χ4v) is 19.2. The van der Waals surface area contributed by atoms with E-state index in [4.69, 9.17) is 0 Å². The molecule has 0 bridgehead atoms. The first kappa shape index (κ1) is 66.0. The molecule has 0 saturated carbocycles. The Labute approximate surface area is 649 Å². The van der Waals surface area contributed by atoms with Gasteiger partial charge in [-0.3, -0.25) is 0 Å². The average Bonchev–Trinajstić information content (AvgIpc) is 1.21. The summed E-state index contributed by atoms with van der Waals surface area (Å²) < 4.78 is 2.52. The van der Waals surface area contributed by atoms with Crippen molar-refractivity contribution < 1.29 is 0 Å². The van der Waals surface area contributed by atoms with Crippen molar-refractivity contribution in [2.24, 2.45) is 5.41 Å². The molecule has 111 heavy (non-hydrogen) atoms. The van der Waals surface area contributed by atoms with Gasteiger partial charge in [0, 0.05) is 52.3 Å². The molecule has 2 aliphatic heterocycles. The molecule has 3 heterocycles. The minimum Gasteiger partial charge on any atom is -0.342 e. The van der Waals surface area contributed by atoms with Gasteiger partial charge in [-0.25, -0.2) is 0 Å². The Bertz CT molecular complexity index is 6640. The van der Waals surface area contributed by atoms with Crippen LogP contribution in [0, 0.1) is 5.41 Å². The van der Waals surface area contributed by atoms with E-state index in [1.165, 1.54) is 199 Å². The molecule has 3 nitrogen and oxygen atoms in total. The van der Waals surface area contributed by atoms with Crippen molar-refractivity contribution in [2.45, 2.75) is 40.0 Å². The first-order valence-corrected chi connectivity index (χ1v) is 39.4. The van der Waals surface area contributed by atoms with Crippen LogP contribution in [0.15, 0.2) is 370 Å². The molecule has 1 aromatic heterocycles. The second-order valence-corrected chi connectivity index (χ2v) is 31.8. The minimum atomic E-state index is -0.149. The van der Waals surface area contributed by atoms with E-state index >= 15 is 0 Å². The molecule has 0 radical (unpaired) electrons. The summed E-state index contributed by atoms with van der Waals surface area (Å²) in [4.78, 5) is 5.55. The molecular weight excluding hydrogens is 1340 g/mol. The number of nitrogens with zero attached hydrogens (tertiary/aromatic N) is 3. The Balaban J connectivity index is 0.825. The van der Waals surface area contributed by atoms with Gasteiger partial charge in [0.15, 0.2) is 0 Å². The number of aromatic nitrogens is 1. The maximum Gasteiger partial charge on any atom is 0.252 e. The summed E-state index contributed by atoms with van der Waals surface area (Å²) in [5.74, 6) is 0. The lowest BCUT2D eigenvalue weighted by molar-refractivity contribution is 0.411. The molecule has 0 fully saturated rings. The normalized spacial score (nSPS) is 12.6. The smallest absolute Gasteiger partial charge is 0.252 e.